The normalized spacial score (nSPS) is 21.3. The molecule has 2 atom stereocenters. The largest absolute Gasteiger partial charge is 0.481 e. The molecule has 7 nitrogen and oxygen atoms in total. The first-order valence-corrected chi connectivity index (χ1v) is 6.69. The highest BCUT2D eigenvalue weighted by atomic mass is 16.4. The van der Waals surface area contributed by atoms with E-state index < -0.39 is 11.9 Å². The first-order valence-electron chi connectivity index (χ1n) is 6.69. The van der Waals surface area contributed by atoms with Gasteiger partial charge in [-0.25, -0.2) is 0 Å². The van der Waals surface area contributed by atoms with Crippen molar-refractivity contribution in [2.24, 2.45) is 11.8 Å². The summed E-state index contributed by atoms with van der Waals surface area (Å²) in [6.07, 6.45) is 1.39. The summed E-state index contributed by atoms with van der Waals surface area (Å²) in [7, 11) is 1.51. The number of likely N-dealkylation sites (N-methyl/N-ethyl adjacent to an activating group) is 1. The molecule has 21 heavy (non-hydrogen) atoms. The summed E-state index contributed by atoms with van der Waals surface area (Å²) in [4.78, 5) is 37.9. The van der Waals surface area contributed by atoms with E-state index in [0.717, 1.165) is 0 Å². The Morgan fingerprint density at radius 1 is 1.43 bits per heavy atom. The van der Waals surface area contributed by atoms with Gasteiger partial charge in [-0.3, -0.25) is 14.4 Å². The summed E-state index contributed by atoms with van der Waals surface area (Å²) in [6, 6.07) is 3.13. The van der Waals surface area contributed by atoms with E-state index in [-0.39, 0.29) is 36.6 Å². The average Bonchev–Trinajstić information content (AvgIpc) is 3.06. The van der Waals surface area contributed by atoms with Crippen LogP contribution in [0, 0.1) is 11.8 Å². The molecule has 1 aromatic rings. The molecule has 0 aromatic carbocycles. The number of rotatable bonds is 4. The van der Waals surface area contributed by atoms with Gasteiger partial charge in [0, 0.05) is 20.1 Å². The van der Waals surface area contributed by atoms with Crippen LogP contribution in [0.3, 0.4) is 0 Å². The lowest BCUT2D eigenvalue weighted by molar-refractivity contribution is -0.142. The third-order valence-corrected chi connectivity index (χ3v) is 3.73. The van der Waals surface area contributed by atoms with Crippen LogP contribution in [0.2, 0.25) is 0 Å². The Labute approximate surface area is 122 Å². The maximum absolute atomic E-state index is 12.2. The highest BCUT2D eigenvalue weighted by molar-refractivity contribution is 5.94. The number of carbonyl (C=O) groups excluding carboxylic acids is 2. The summed E-state index contributed by atoms with van der Waals surface area (Å²) in [6.45, 7) is 2.30. The highest BCUT2D eigenvalue weighted by Crippen LogP contribution is 2.23. The third kappa shape index (κ3) is 3.24. The summed E-state index contributed by atoms with van der Waals surface area (Å²) < 4.78 is 5.00. The molecule has 0 bridgehead atoms. The molecule has 0 aliphatic carbocycles. The minimum Gasteiger partial charge on any atom is -0.481 e. The van der Waals surface area contributed by atoms with Crippen molar-refractivity contribution < 1.29 is 23.9 Å². The first-order chi connectivity index (χ1) is 9.90. The summed E-state index contributed by atoms with van der Waals surface area (Å²) in [5.41, 5.74) is 0. The van der Waals surface area contributed by atoms with Crippen LogP contribution in [0.1, 0.15) is 17.5 Å². The van der Waals surface area contributed by atoms with E-state index in [0.29, 0.717) is 6.54 Å². The zero-order chi connectivity index (χ0) is 15.6. The predicted molar refractivity (Wildman–Crippen MR) is 72.5 cm³/mol. The van der Waals surface area contributed by atoms with Crippen molar-refractivity contribution in [1.82, 2.24) is 9.80 Å². The zero-order valence-electron chi connectivity index (χ0n) is 12.0. The van der Waals surface area contributed by atoms with E-state index in [9.17, 15) is 14.4 Å². The Hall–Kier alpha value is -2.31. The minimum atomic E-state index is -0.891. The zero-order valence-corrected chi connectivity index (χ0v) is 12.0. The Morgan fingerprint density at radius 3 is 2.67 bits per heavy atom. The summed E-state index contributed by atoms with van der Waals surface area (Å²) in [5, 5.41) is 9.06. The van der Waals surface area contributed by atoms with Crippen LogP contribution in [0.5, 0.6) is 0 Å². The number of furan rings is 1. The van der Waals surface area contributed by atoms with Gasteiger partial charge in [-0.2, -0.15) is 0 Å². The van der Waals surface area contributed by atoms with Gasteiger partial charge in [0.2, 0.25) is 5.91 Å². The lowest BCUT2D eigenvalue weighted by atomic mass is 9.99. The van der Waals surface area contributed by atoms with Crippen LogP contribution >= 0.6 is 0 Å². The molecule has 114 valence electrons. The number of carbonyl (C=O) groups is 3. The third-order valence-electron chi connectivity index (χ3n) is 3.73. The molecule has 1 aliphatic heterocycles. The molecule has 2 amide bonds. The minimum absolute atomic E-state index is 0.0856. The number of likely N-dealkylation sites (tertiary alicyclic amines) is 1. The number of carboxylic acid groups (broad SMARTS) is 1. The molecule has 0 saturated carbocycles. The van der Waals surface area contributed by atoms with E-state index in [1.807, 2.05) is 6.92 Å². The van der Waals surface area contributed by atoms with Gasteiger partial charge in [-0.1, -0.05) is 6.92 Å². The first kappa shape index (κ1) is 15.1. The molecule has 1 fully saturated rings. The molecule has 2 rings (SSSR count). The topological polar surface area (TPSA) is 91.1 Å². The van der Waals surface area contributed by atoms with Crippen molar-refractivity contribution in [2.45, 2.75) is 6.92 Å². The lowest BCUT2D eigenvalue weighted by Gasteiger charge is -2.21. The van der Waals surface area contributed by atoms with Crippen molar-refractivity contribution in [1.29, 1.82) is 0 Å². The molecular weight excluding hydrogens is 276 g/mol. The Morgan fingerprint density at radius 2 is 2.14 bits per heavy atom. The van der Waals surface area contributed by atoms with Gasteiger partial charge in [-0.15, -0.1) is 0 Å². The molecule has 7 heteroatoms. The molecular formula is C14H18N2O5. The second-order valence-electron chi connectivity index (χ2n) is 5.36. The van der Waals surface area contributed by atoms with Gasteiger partial charge in [0.15, 0.2) is 5.76 Å². The lowest BCUT2D eigenvalue weighted by Crippen LogP contribution is -2.40. The van der Waals surface area contributed by atoms with E-state index >= 15 is 0 Å². The van der Waals surface area contributed by atoms with Crippen LogP contribution < -0.4 is 0 Å². The predicted octanol–water partition coefficient (Wildman–Crippen LogP) is 0.531. The maximum atomic E-state index is 12.2. The smallest absolute Gasteiger partial charge is 0.308 e. The number of nitrogens with zero attached hydrogens (tertiary/aromatic N) is 2. The average molecular weight is 294 g/mol. The van der Waals surface area contributed by atoms with Crippen molar-refractivity contribution in [3.63, 3.8) is 0 Å². The number of carboxylic acids is 1. The number of aliphatic carboxylic acids is 1. The van der Waals surface area contributed by atoms with E-state index in [1.165, 1.54) is 29.2 Å². The SMILES string of the molecule is CC1CN(C(=O)CN(C)C(=O)c2ccco2)CC1C(=O)O. The van der Waals surface area contributed by atoms with Gasteiger partial charge in [-0.05, 0) is 18.1 Å². The molecule has 2 heterocycles. The second-order valence-corrected chi connectivity index (χ2v) is 5.36. The van der Waals surface area contributed by atoms with Crippen molar-refractivity contribution in [2.75, 3.05) is 26.7 Å². The molecule has 0 spiro atoms. The van der Waals surface area contributed by atoms with Crippen LogP contribution in [0.25, 0.3) is 0 Å². The van der Waals surface area contributed by atoms with Crippen LogP contribution in [-0.4, -0.2) is 59.4 Å². The van der Waals surface area contributed by atoms with Gasteiger partial charge in [0.25, 0.3) is 5.91 Å². The van der Waals surface area contributed by atoms with Crippen molar-refractivity contribution in [3.8, 4) is 0 Å². The molecule has 1 saturated heterocycles. The molecule has 1 N–H and O–H groups in total. The number of hydrogen-bond donors (Lipinski definition) is 1. The van der Waals surface area contributed by atoms with Gasteiger partial charge in [0.1, 0.15) is 0 Å². The van der Waals surface area contributed by atoms with Gasteiger partial charge >= 0.3 is 5.97 Å². The second kappa shape index (κ2) is 5.99. The summed E-state index contributed by atoms with van der Waals surface area (Å²) in [5.74, 6) is -1.98. The fourth-order valence-corrected chi connectivity index (χ4v) is 2.45. The number of hydrogen-bond acceptors (Lipinski definition) is 4. The maximum Gasteiger partial charge on any atom is 0.308 e. The highest BCUT2D eigenvalue weighted by Gasteiger charge is 2.37. The Bertz CT molecular complexity index is 540. The van der Waals surface area contributed by atoms with Gasteiger partial charge < -0.3 is 19.3 Å². The van der Waals surface area contributed by atoms with Crippen LogP contribution in [0.4, 0.5) is 0 Å². The number of amides is 2. The Balaban J connectivity index is 1.93. The standard InChI is InChI=1S/C14H18N2O5/c1-9-6-16(7-10(9)14(19)20)12(17)8-15(2)13(18)11-4-3-5-21-11/h3-5,9-10H,6-8H2,1-2H3,(H,19,20). The van der Waals surface area contributed by atoms with Gasteiger partial charge in [0.05, 0.1) is 18.7 Å². The van der Waals surface area contributed by atoms with Crippen molar-refractivity contribution >= 4 is 17.8 Å². The Kier molecular flexibility index (Phi) is 4.30. The fraction of sp³-hybridized carbons (Fsp3) is 0.500. The molecule has 2 unspecified atom stereocenters. The van der Waals surface area contributed by atoms with E-state index in [4.69, 9.17) is 9.52 Å². The van der Waals surface area contributed by atoms with E-state index in [2.05, 4.69) is 0 Å². The summed E-state index contributed by atoms with van der Waals surface area (Å²) >= 11 is 0. The van der Waals surface area contributed by atoms with Crippen LogP contribution in [-0.2, 0) is 9.59 Å². The van der Waals surface area contributed by atoms with Crippen LogP contribution in [0.15, 0.2) is 22.8 Å². The van der Waals surface area contributed by atoms with E-state index in [1.54, 1.807) is 6.07 Å². The molecule has 1 aromatic heterocycles. The fourth-order valence-electron chi connectivity index (χ4n) is 2.45. The monoisotopic (exact) mass is 294 g/mol. The molecule has 1 aliphatic rings. The molecule has 0 radical (unpaired) electrons. The van der Waals surface area contributed by atoms with Crippen molar-refractivity contribution in [3.05, 3.63) is 24.2 Å². The quantitative estimate of drug-likeness (QED) is 0.874.